The summed E-state index contributed by atoms with van der Waals surface area (Å²) in [5, 5.41) is 0. The zero-order valence-corrected chi connectivity index (χ0v) is 23.4. The molecule has 2 unspecified atom stereocenters. The second kappa shape index (κ2) is 9.29. The van der Waals surface area contributed by atoms with E-state index in [-0.39, 0.29) is 12.2 Å². The van der Waals surface area contributed by atoms with Crippen LogP contribution in [0.3, 0.4) is 0 Å². The molecule has 41 heavy (non-hydrogen) atoms. The van der Waals surface area contributed by atoms with Crippen LogP contribution in [0.2, 0.25) is 0 Å². The van der Waals surface area contributed by atoms with Gasteiger partial charge in [0.15, 0.2) is 0 Å². The Morgan fingerprint density at radius 1 is 0.732 bits per heavy atom. The highest BCUT2D eigenvalue weighted by molar-refractivity contribution is 6.27. The summed E-state index contributed by atoms with van der Waals surface area (Å²) in [5.74, 6) is -6.15. The van der Waals surface area contributed by atoms with E-state index in [1.165, 1.54) is 14.2 Å². The third-order valence-corrected chi connectivity index (χ3v) is 9.34. The molecule has 1 saturated carbocycles. The van der Waals surface area contributed by atoms with Gasteiger partial charge in [-0.2, -0.15) is 0 Å². The van der Waals surface area contributed by atoms with Gasteiger partial charge in [-0.1, -0.05) is 12.5 Å². The Kier molecular flexibility index (Phi) is 6.06. The summed E-state index contributed by atoms with van der Waals surface area (Å²) in [6.45, 7) is 5.14. The summed E-state index contributed by atoms with van der Waals surface area (Å²) in [4.78, 5) is 72.3. The molecule has 7 rings (SSSR count). The van der Waals surface area contributed by atoms with Crippen molar-refractivity contribution in [2.45, 2.75) is 20.8 Å². The van der Waals surface area contributed by atoms with E-state index in [9.17, 15) is 24.0 Å². The van der Waals surface area contributed by atoms with Crippen LogP contribution in [-0.4, -0.2) is 50.4 Å². The first-order valence-electron chi connectivity index (χ1n) is 13.5. The topological polar surface area (TPSA) is 120 Å². The molecule has 3 fully saturated rings. The van der Waals surface area contributed by atoms with Gasteiger partial charge in [-0.05, 0) is 62.4 Å². The van der Waals surface area contributed by atoms with Gasteiger partial charge in [0, 0.05) is 16.9 Å². The van der Waals surface area contributed by atoms with Crippen molar-refractivity contribution in [2.24, 2.45) is 35.0 Å². The van der Waals surface area contributed by atoms with Gasteiger partial charge in [0.05, 0.1) is 55.9 Å². The molecule has 2 aromatic rings. The lowest BCUT2D eigenvalue weighted by Crippen LogP contribution is -2.61. The number of methoxy groups -OCH3 is 2. The van der Waals surface area contributed by atoms with Crippen LogP contribution in [0.1, 0.15) is 20.8 Å². The predicted octanol–water partition coefficient (Wildman–Crippen LogP) is 3.14. The molecular formula is C31H30N2O8. The number of ether oxygens (including phenoxy) is 3. The number of allylic oxidation sites excluding steroid dienone is 1. The van der Waals surface area contributed by atoms with Gasteiger partial charge in [0.25, 0.3) is 0 Å². The van der Waals surface area contributed by atoms with Crippen LogP contribution in [0, 0.1) is 35.0 Å². The zero-order valence-electron chi connectivity index (χ0n) is 23.4. The van der Waals surface area contributed by atoms with Gasteiger partial charge in [-0.15, -0.1) is 0 Å². The van der Waals surface area contributed by atoms with Crippen LogP contribution < -0.4 is 19.3 Å². The largest absolute Gasteiger partial charge is 0.497 e. The maximum Gasteiger partial charge on any atom is 0.334 e. The normalized spacial score (nSPS) is 30.1. The number of carbonyl (C=O) groups is 5. The monoisotopic (exact) mass is 558 g/mol. The fourth-order valence-electron chi connectivity index (χ4n) is 7.78. The molecule has 2 heterocycles. The molecule has 0 spiro atoms. The molecule has 2 saturated heterocycles. The number of hydrogen-bond acceptors (Lipinski definition) is 8. The highest BCUT2D eigenvalue weighted by Gasteiger charge is 2.77. The van der Waals surface area contributed by atoms with E-state index in [1.807, 2.05) is 0 Å². The third-order valence-electron chi connectivity index (χ3n) is 9.34. The average Bonchev–Trinajstić information content (AvgIpc) is 3.39. The van der Waals surface area contributed by atoms with Gasteiger partial charge in [0.1, 0.15) is 11.5 Å². The number of benzene rings is 2. The molecule has 0 aromatic heterocycles. The second-order valence-corrected chi connectivity index (χ2v) is 11.0. The number of amides is 4. The van der Waals surface area contributed by atoms with Gasteiger partial charge in [0.2, 0.25) is 23.6 Å². The summed E-state index contributed by atoms with van der Waals surface area (Å²) in [6, 6.07) is 13.1. The Bertz CT molecular complexity index is 1430. The minimum absolute atomic E-state index is 0.0915. The predicted molar refractivity (Wildman–Crippen MR) is 146 cm³/mol. The number of nitrogens with zero attached hydrogens (tertiary/aromatic N) is 2. The smallest absolute Gasteiger partial charge is 0.334 e. The van der Waals surface area contributed by atoms with Gasteiger partial charge in [-0.25, -0.2) is 4.79 Å². The molecule has 0 N–H and O–H groups in total. The van der Waals surface area contributed by atoms with E-state index in [0.717, 1.165) is 9.80 Å². The van der Waals surface area contributed by atoms with Crippen LogP contribution in [0.4, 0.5) is 11.4 Å². The highest BCUT2D eigenvalue weighted by Crippen LogP contribution is 2.68. The molecule has 2 aromatic carbocycles. The van der Waals surface area contributed by atoms with Crippen LogP contribution in [0.25, 0.3) is 0 Å². The summed E-state index contributed by atoms with van der Waals surface area (Å²) < 4.78 is 15.9. The molecule has 2 aliphatic heterocycles. The fourth-order valence-corrected chi connectivity index (χ4v) is 7.78. The van der Waals surface area contributed by atoms with Crippen molar-refractivity contribution in [3.63, 3.8) is 0 Å². The Balaban J connectivity index is 1.51. The molecule has 212 valence electrons. The SMILES string of the molecule is CCOC(=O)C1=C(C)C2[C@H]3C(=O)N(c4ccc(OC)cc4)C(=O)[C@H]3C1(C)[C@H]1C(=O)N(c3ccc(OC)cc3)C(=O)[C@@H]21. The van der Waals surface area contributed by atoms with Crippen molar-refractivity contribution in [1.82, 2.24) is 0 Å². The van der Waals surface area contributed by atoms with Crippen LogP contribution in [-0.2, 0) is 28.7 Å². The van der Waals surface area contributed by atoms with Gasteiger partial charge in [-0.3, -0.25) is 29.0 Å². The maximum atomic E-state index is 14.2. The van der Waals surface area contributed by atoms with Gasteiger partial charge < -0.3 is 14.2 Å². The van der Waals surface area contributed by atoms with Crippen molar-refractivity contribution < 1.29 is 38.2 Å². The standard InChI is InChI=1S/C31H30N2O8/c1-6-41-30(38)23-15(2)20-21-24(28(36)32(26(21)34)16-7-11-18(39-4)12-8-16)31(23,3)25-22(20)27(35)33(29(25)37)17-9-13-19(40-5)14-10-17/h7-14,20-22,24-25H,6H2,1-5H3/t20?,21-,22+,24+,25-,31?. The first-order chi connectivity index (χ1) is 19.6. The highest BCUT2D eigenvalue weighted by atomic mass is 16.5. The second-order valence-electron chi connectivity index (χ2n) is 11.0. The number of anilines is 2. The molecule has 6 atom stereocenters. The Hall–Kier alpha value is -4.47. The minimum atomic E-state index is -1.46. The van der Waals surface area contributed by atoms with E-state index >= 15 is 0 Å². The third kappa shape index (κ3) is 3.39. The quantitative estimate of drug-likeness (QED) is 0.392. The summed E-state index contributed by atoms with van der Waals surface area (Å²) in [6.07, 6.45) is 0. The van der Waals surface area contributed by atoms with Crippen LogP contribution in [0.5, 0.6) is 11.5 Å². The van der Waals surface area contributed by atoms with E-state index in [2.05, 4.69) is 0 Å². The number of hydrogen-bond donors (Lipinski definition) is 0. The number of imide groups is 2. The Morgan fingerprint density at radius 3 is 1.51 bits per heavy atom. The van der Waals surface area contributed by atoms with Crippen molar-refractivity contribution in [3.05, 3.63) is 59.7 Å². The fraction of sp³-hybridized carbons (Fsp3) is 0.387. The first kappa shape index (κ1) is 26.7. The molecule has 5 aliphatic rings. The molecule has 2 bridgehead atoms. The number of carbonyl (C=O) groups excluding carboxylic acids is 5. The van der Waals surface area contributed by atoms with Crippen LogP contribution in [0.15, 0.2) is 59.7 Å². The summed E-state index contributed by atoms with van der Waals surface area (Å²) >= 11 is 0. The maximum absolute atomic E-state index is 14.2. The molecule has 4 amide bonds. The van der Waals surface area contributed by atoms with E-state index < -0.39 is 64.6 Å². The number of rotatable bonds is 6. The van der Waals surface area contributed by atoms with E-state index in [0.29, 0.717) is 28.4 Å². The molecule has 10 nitrogen and oxygen atoms in total. The lowest BCUT2D eigenvalue weighted by Gasteiger charge is -2.55. The molecule has 3 aliphatic carbocycles. The van der Waals surface area contributed by atoms with Crippen molar-refractivity contribution in [2.75, 3.05) is 30.6 Å². The van der Waals surface area contributed by atoms with Crippen molar-refractivity contribution >= 4 is 41.0 Å². The minimum Gasteiger partial charge on any atom is -0.497 e. The van der Waals surface area contributed by atoms with Crippen LogP contribution >= 0.6 is 0 Å². The lowest BCUT2D eigenvalue weighted by atomic mass is 9.43. The zero-order chi connectivity index (χ0) is 29.4. The van der Waals surface area contributed by atoms with Gasteiger partial charge >= 0.3 is 5.97 Å². The molecule has 0 radical (unpaired) electrons. The molecular weight excluding hydrogens is 528 g/mol. The summed E-state index contributed by atoms with van der Waals surface area (Å²) in [5.41, 5.74) is -0.0128. The Labute approximate surface area is 236 Å². The lowest BCUT2D eigenvalue weighted by molar-refractivity contribution is -0.155. The van der Waals surface area contributed by atoms with Crippen molar-refractivity contribution in [1.29, 1.82) is 0 Å². The van der Waals surface area contributed by atoms with E-state index in [1.54, 1.807) is 69.3 Å². The molecule has 10 heteroatoms. The Morgan fingerprint density at radius 2 is 1.15 bits per heavy atom. The first-order valence-corrected chi connectivity index (χ1v) is 13.5. The van der Waals surface area contributed by atoms with Crippen molar-refractivity contribution in [3.8, 4) is 11.5 Å². The summed E-state index contributed by atoms with van der Waals surface area (Å²) in [7, 11) is 3.03. The number of esters is 1. The average molecular weight is 559 g/mol. The van der Waals surface area contributed by atoms with E-state index in [4.69, 9.17) is 14.2 Å².